The van der Waals surface area contributed by atoms with E-state index in [4.69, 9.17) is 5.73 Å². The monoisotopic (exact) mass is 277 g/mol. The maximum absolute atomic E-state index is 13.3. The predicted molar refractivity (Wildman–Crippen MR) is 71.0 cm³/mol. The number of hydrogen-bond acceptors (Lipinski definition) is 3. The molecule has 96 valence electrons. The molecular weight excluding hydrogens is 268 g/mol. The Labute approximate surface area is 111 Å². The normalized spacial score (nSPS) is 11.1. The molecule has 0 atom stereocenters. The summed E-state index contributed by atoms with van der Waals surface area (Å²) in [7, 11) is 0. The summed E-state index contributed by atoms with van der Waals surface area (Å²) >= 11 is 1.10. The molecule has 0 fully saturated rings. The molecule has 3 nitrogen and oxygen atoms in total. The van der Waals surface area contributed by atoms with Crippen LogP contribution in [0.15, 0.2) is 46.5 Å². The van der Waals surface area contributed by atoms with Gasteiger partial charge in [-0.05, 0) is 30.0 Å². The number of halogens is 2. The molecule has 0 spiro atoms. The van der Waals surface area contributed by atoms with Gasteiger partial charge in [-0.25, -0.2) is 13.8 Å². The second kappa shape index (κ2) is 4.55. The fraction of sp³-hybridized carbons (Fsp3) is 0. The molecule has 3 N–H and O–H groups in total. The van der Waals surface area contributed by atoms with Crippen molar-refractivity contribution >= 4 is 28.5 Å². The first-order valence-corrected chi connectivity index (χ1v) is 6.32. The second-order valence-corrected chi connectivity index (χ2v) is 4.99. The summed E-state index contributed by atoms with van der Waals surface area (Å²) in [6, 6.07) is 9.43. The zero-order valence-electron chi connectivity index (χ0n) is 9.65. The number of nitrogen functional groups attached to an aromatic ring is 1. The summed E-state index contributed by atoms with van der Waals surface area (Å²) in [6.45, 7) is 0. The number of nitrogens with two attached hydrogens (primary N) is 1. The zero-order chi connectivity index (χ0) is 13.4. The molecule has 19 heavy (non-hydrogen) atoms. The summed E-state index contributed by atoms with van der Waals surface area (Å²) in [6.07, 6.45) is 0. The van der Waals surface area contributed by atoms with Crippen LogP contribution < -0.4 is 5.73 Å². The third-order valence-electron chi connectivity index (χ3n) is 2.63. The van der Waals surface area contributed by atoms with E-state index in [2.05, 4.69) is 9.97 Å². The van der Waals surface area contributed by atoms with E-state index in [-0.39, 0.29) is 5.69 Å². The van der Waals surface area contributed by atoms with Gasteiger partial charge in [0.05, 0.1) is 16.7 Å². The molecule has 3 rings (SSSR count). The molecule has 1 heterocycles. The first-order chi connectivity index (χ1) is 9.13. The maximum Gasteiger partial charge on any atom is 0.171 e. The van der Waals surface area contributed by atoms with Gasteiger partial charge >= 0.3 is 0 Å². The molecular formula is C13H9F2N3S. The van der Waals surface area contributed by atoms with Crippen LogP contribution in [0, 0.1) is 11.6 Å². The van der Waals surface area contributed by atoms with E-state index in [1.54, 1.807) is 0 Å². The van der Waals surface area contributed by atoms with Crippen LogP contribution in [0.25, 0.3) is 11.0 Å². The van der Waals surface area contributed by atoms with Crippen LogP contribution in [-0.4, -0.2) is 9.97 Å². The highest BCUT2D eigenvalue weighted by molar-refractivity contribution is 7.99. The van der Waals surface area contributed by atoms with Crippen molar-refractivity contribution in [3.05, 3.63) is 48.0 Å². The first kappa shape index (κ1) is 12.0. The number of hydrogen-bond donors (Lipinski definition) is 2. The minimum atomic E-state index is -0.765. The van der Waals surface area contributed by atoms with Crippen LogP contribution in [0.5, 0.6) is 0 Å². The number of anilines is 1. The minimum absolute atomic E-state index is 0.0770. The molecule has 0 bridgehead atoms. The number of para-hydroxylation sites is 2. The Morgan fingerprint density at radius 2 is 1.95 bits per heavy atom. The molecule has 0 amide bonds. The molecule has 1 aromatic heterocycles. The Kier molecular flexibility index (Phi) is 2.87. The SMILES string of the molecule is Nc1c(F)cc(F)cc1Sc1nc2ccccc2[nH]1. The molecule has 0 aliphatic carbocycles. The van der Waals surface area contributed by atoms with Gasteiger partial charge in [-0.3, -0.25) is 0 Å². The van der Waals surface area contributed by atoms with Crippen molar-refractivity contribution < 1.29 is 8.78 Å². The van der Waals surface area contributed by atoms with Gasteiger partial charge in [0.25, 0.3) is 0 Å². The summed E-state index contributed by atoms with van der Waals surface area (Å²) in [5.74, 6) is -1.43. The van der Waals surface area contributed by atoms with E-state index in [1.165, 1.54) is 6.07 Å². The smallest absolute Gasteiger partial charge is 0.171 e. The average molecular weight is 277 g/mol. The van der Waals surface area contributed by atoms with Crippen molar-refractivity contribution in [1.82, 2.24) is 9.97 Å². The van der Waals surface area contributed by atoms with Gasteiger partial charge in [0.2, 0.25) is 0 Å². The van der Waals surface area contributed by atoms with Crippen molar-refractivity contribution in [3.63, 3.8) is 0 Å². The molecule has 0 radical (unpaired) electrons. The molecule has 6 heteroatoms. The Hall–Kier alpha value is -2.08. The summed E-state index contributed by atoms with van der Waals surface area (Å²) in [4.78, 5) is 7.68. The number of rotatable bonds is 2. The molecule has 0 unspecified atom stereocenters. The lowest BCUT2D eigenvalue weighted by molar-refractivity contribution is 0.581. The molecule has 3 aromatic rings. The highest BCUT2D eigenvalue weighted by Crippen LogP contribution is 2.33. The third kappa shape index (κ3) is 2.26. The predicted octanol–water partition coefficient (Wildman–Crippen LogP) is 3.57. The fourth-order valence-corrected chi connectivity index (χ4v) is 2.62. The number of benzene rings is 2. The van der Waals surface area contributed by atoms with Crippen LogP contribution in [-0.2, 0) is 0 Å². The molecule has 0 aliphatic heterocycles. The molecule has 2 aromatic carbocycles. The highest BCUT2D eigenvalue weighted by atomic mass is 32.2. The Morgan fingerprint density at radius 3 is 2.74 bits per heavy atom. The van der Waals surface area contributed by atoms with E-state index in [0.29, 0.717) is 10.1 Å². The van der Waals surface area contributed by atoms with E-state index < -0.39 is 11.6 Å². The highest BCUT2D eigenvalue weighted by Gasteiger charge is 2.11. The van der Waals surface area contributed by atoms with Crippen LogP contribution in [0.2, 0.25) is 0 Å². The fourth-order valence-electron chi connectivity index (χ4n) is 1.73. The van der Waals surface area contributed by atoms with Crippen molar-refractivity contribution in [2.45, 2.75) is 10.1 Å². The van der Waals surface area contributed by atoms with Crippen molar-refractivity contribution in [3.8, 4) is 0 Å². The van der Waals surface area contributed by atoms with Gasteiger partial charge in [0.1, 0.15) is 11.6 Å². The zero-order valence-corrected chi connectivity index (χ0v) is 10.5. The van der Waals surface area contributed by atoms with Crippen LogP contribution in [0.4, 0.5) is 14.5 Å². The van der Waals surface area contributed by atoms with Crippen molar-refractivity contribution in [2.24, 2.45) is 0 Å². The van der Waals surface area contributed by atoms with Crippen molar-refractivity contribution in [1.29, 1.82) is 0 Å². The summed E-state index contributed by atoms with van der Waals surface area (Å²) in [5.41, 5.74) is 7.17. The molecule has 0 saturated heterocycles. The summed E-state index contributed by atoms with van der Waals surface area (Å²) < 4.78 is 26.5. The lowest BCUT2D eigenvalue weighted by Gasteiger charge is -2.04. The van der Waals surface area contributed by atoms with Gasteiger partial charge in [0, 0.05) is 11.0 Å². The lowest BCUT2D eigenvalue weighted by atomic mass is 10.3. The van der Waals surface area contributed by atoms with Gasteiger partial charge < -0.3 is 10.7 Å². The van der Waals surface area contributed by atoms with Crippen LogP contribution in [0.1, 0.15) is 0 Å². The van der Waals surface area contributed by atoms with Crippen LogP contribution >= 0.6 is 11.8 Å². The standard InChI is InChI=1S/C13H9F2N3S/c14-7-5-8(15)12(16)11(6-7)19-13-17-9-3-1-2-4-10(9)18-13/h1-6H,16H2,(H,17,18). The first-order valence-electron chi connectivity index (χ1n) is 5.50. The van der Waals surface area contributed by atoms with E-state index in [9.17, 15) is 8.78 Å². The number of imidazole rings is 1. The number of aromatic amines is 1. The number of nitrogens with zero attached hydrogens (tertiary/aromatic N) is 1. The summed E-state index contributed by atoms with van der Waals surface area (Å²) in [5, 5.41) is 0.540. The number of nitrogens with one attached hydrogen (secondary N) is 1. The topological polar surface area (TPSA) is 54.7 Å². The molecule has 0 saturated carbocycles. The van der Waals surface area contributed by atoms with Crippen LogP contribution in [0.3, 0.4) is 0 Å². The second-order valence-electron chi connectivity index (χ2n) is 3.96. The Balaban J connectivity index is 2.01. The van der Waals surface area contributed by atoms with E-state index >= 15 is 0 Å². The quantitative estimate of drug-likeness (QED) is 0.704. The van der Waals surface area contributed by atoms with Crippen molar-refractivity contribution in [2.75, 3.05) is 5.73 Å². The van der Waals surface area contributed by atoms with E-state index in [1.807, 2.05) is 24.3 Å². The number of H-pyrrole nitrogens is 1. The average Bonchev–Trinajstić information content (AvgIpc) is 2.77. The minimum Gasteiger partial charge on any atom is -0.395 e. The Morgan fingerprint density at radius 1 is 1.16 bits per heavy atom. The molecule has 0 aliphatic rings. The lowest BCUT2D eigenvalue weighted by Crippen LogP contribution is -1.95. The maximum atomic E-state index is 13.3. The van der Waals surface area contributed by atoms with Gasteiger partial charge in [-0.2, -0.15) is 0 Å². The number of fused-ring (bicyclic) bond motifs is 1. The van der Waals surface area contributed by atoms with E-state index in [0.717, 1.165) is 28.9 Å². The van der Waals surface area contributed by atoms with Gasteiger partial charge in [-0.1, -0.05) is 12.1 Å². The Bertz CT molecular complexity index is 722. The van der Waals surface area contributed by atoms with Gasteiger partial charge in [0.15, 0.2) is 5.16 Å². The number of aromatic nitrogens is 2. The third-order valence-corrected chi connectivity index (χ3v) is 3.58. The van der Waals surface area contributed by atoms with Gasteiger partial charge in [-0.15, -0.1) is 0 Å². The largest absolute Gasteiger partial charge is 0.395 e.